The van der Waals surface area contributed by atoms with E-state index in [4.69, 9.17) is 14.2 Å². The third kappa shape index (κ3) is 3.58. The summed E-state index contributed by atoms with van der Waals surface area (Å²) in [4.78, 5) is 8.70. The highest BCUT2D eigenvalue weighted by Gasteiger charge is 2.22. The summed E-state index contributed by atoms with van der Waals surface area (Å²) in [6.45, 7) is 0.889. The number of methoxy groups -OCH3 is 2. The van der Waals surface area contributed by atoms with Crippen LogP contribution in [0, 0.1) is 0 Å². The molecular weight excluding hydrogens is 258 g/mol. The molecule has 2 unspecified atom stereocenters. The van der Waals surface area contributed by atoms with E-state index in [9.17, 15) is 0 Å². The van der Waals surface area contributed by atoms with Crippen molar-refractivity contribution in [2.24, 2.45) is 0 Å². The highest BCUT2D eigenvalue weighted by atomic mass is 16.5. The van der Waals surface area contributed by atoms with Gasteiger partial charge in [0.1, 0.15) is 5.69 Å². The Kier molecular flexibility index (Phi) is 5.55. The summed E-state index contributed by atoms with van der Waals surface area (Å²) in [7, 11) is 5.08. The largest absolute Gasteiger partial charge is 0.480 e. The van der Waals surface area contributed by atoms with Gasteiger partial charge in [0, 0.05) is 6.61 Å². The Morgan fingerprint density at radius 2 is 2.30 bits per heavy atom. The molecule has 2 atom stereocenters. The average Bonchev–Trinajstić information content (AvgIpc) is 3.01. The first-order valence-electron chi connectivity index (χ1n) is 7.02. The molecule has 1 fully saturated rings. The number of hydrogen-bond donors (Lipinski definition) is 1. The molecule has 0 aliphatic carbocycles. The lowest BCUT2D eigenvalue weighted by molar-refractivity contribution is 0.0996. The molecule has 0 aromatic carbocycles. The Labute approximate surface area is 119 Å². The smallest absolute Gasteiger partial charge is 0.240 e. The van der Waals surface area contributed by atoms with Gasteiger partial charge >= 0.3 is 0 Å². The van der Waals surface area contributed by atoms with Gasteiger partial charge in [0.25, 0.3) is 0 Å². The predicted molar refractivity (Wildman–Crippen MR) is 75.1 cm³/mol. The first-order chi connectivity index (χ1) is 9.78. The quantitative estimate of drug-likeness (QED) is 0.821. The molecule has 1 aliphatic rings. The van der Waals surface area contributed by atoms with Crippen LogP contribution in [0.25, 0.3) is 0 Å². The van der Waals surface area contributed by atoms with Crippen molar-refractivity contribution in [1.82, 2.24) is 15.3 Å². The molecule has 1 aromatic rings. The van der Waals surface area contributed by atoms with E-state index in [2.05, 4.69) is 15.3 Å². The maximum absolute atomic E-state index is 5.66. The van der Waals surface area contributed by atoms with E-state index in [1.165, 1.54) is 6.42 Å². The molecule has 20 heavy (non-hydrogen) atoms. The predicted octanol–water partition coefficient (Wildman–Crippen LogP) is 1.71. The number of hydrogen-bond acceptors (Lipinski definition) is 6. The highest BCUT2D eigenvalue weighted by Crippen LogP contribution is 2.28. The van der Waals surface area contributed by atoms with Crippen LogP contribution in [0.3, 0.4) is 0 Å². The van der Waals surface area contributed by atoms with Crippen molar-refractivity contribution in [1.29, 1.82) is 0 Å². The van der Waals surface area contributed by atoms with Gasteiger partial charge in [-0.3, -0.25) is 0 Å². The summed E-state index contributed by atoms with van der Waals surface area (Å²) in [6, 6.07) is 0.104. The molecule has 2 rings (SSSR count). The summed E-state index contributed by atoms with van der Waals surface area (Å²) in [5, 5.41) is 3.28. The SMILES string of the molecule is CNC(CCC1CCCO1)c1ncc(OC)nc1OC. The monoisotopic (exact) mass is 281 g/mol. The Bertz CT molecular complexity index is 422. The Balaban J connectivity index is 2.05. The molecule has 0 bridgehead atoms. The molecule has 1 aromatic heterocycles. The Morgan fingerprint density at radius 3 is 2.90 bits per heavy atom. The van der Waals surface area contributed by atoms with Gasteiger partial charge < -0.3 is 19.5 Å². The molecule has 1 aliphatic heterocycles. The first kappa shape index (κ1) is 15.0. The second kappa shape index (κ2) is 7.40. The topological polar surface area (TPSA) is 65.5 Å². The summed E-state index contributed by atoms with van der Waals surface area (Å²) >= 11 is 0. The lowest BCUT2D eigenvalue weighted by atomic mass is 10.0. The normalized spacial score (nSPS) is 19.9. The van der Waals surface area contributed by atoms with E-state index >= 15 is 0 Å². The van der Waals surface area contributed by atoms with Crippen molar-refractivity contribution in [3.63, 3.8) is 0 Å². The van der Waals surface area contributed by atoms with Crippen molar-refractivity contribution in [3.8, 4) is 11.8 Å². The van der Waals surface area contributed by atoms with Crippen molar-refractivity contribution >= 4 is 0 Å². The number of aromatic nitrogens is 2. The number of nitrogens with one attached hydrogen (secondary N) is 1. The molecule has 112 valence electrons. The summed E-state index contributed by atoms with van der Waals surface area (Å²) in [5.41, 5.74) is 0.814. The summed E-state index contributed by atoms with van der Waals surface area (Å²) < 4.78 is 16.1. The fourth-order valence-corrected chi connectivity index (χ4v) is 2.50. The third-order valence-electron chi connectivity index (χ3n) is 3.63. The summed E-state index contributed by atoms with van der Waals surface area (Å²) in [6.07, 6.45) is 6.28. The van der Waals surface area contributed by atoms with Gasteiger partial charge in [-0.1, -0.05) is 0 Å². The summed E-state index contributed by atoms with van der Waals surface area (Å²) in [5.74, 6) is 0.968. The van der Waals surface area contributed by atoms with E-state index in [1.54, 1.807) is 20.4 Å². The van der Waals surface area contributed by atoms with Crippen LogP contribution in [0.1, 0.15) is 37.4 Å². The van der Waals surface area contributed by atoms with Crippen molar-refractivity contribution in [2.45, 2.75) is 37.8 Å². The van der Waals surface area contributed by atoms with Crippen molar-refractivity contribution < 1.29 is 14.2 Å². The van der Waals surface area contributed by atoms with E-state index in [0.29, 0.717) is 17.9 Å². The maximum Gasteiger partial charge on any atom is 0.240 e. The molecule has 0 saturated carbocycles. The molecular formula is C14H23N3O3. The van der Waals surface area contributed by atoms with Crippen LogP contribution in [0.15, 0.2) is 6.20 Å². The van der Waals surface area contributed by atoms with Gasteiger partial charge in [-0.25, -0.2) is 4.98 Å². The van der Waals surface area contributed by atoms with Crippen LogP contribution < -0.4 is 14.8 Å². The van der Waals surface area contributed by atoms with Gasteiger partial charge in [-0.2, -0.15) is 4.98 Å². The van der Waals surface area contributed by atoms with Gasteiger partial charge in [0.2, 0.25) is 11.8 Å². The number of rotatable bonds is 7. The zero-order chi connectivity index (χ0) is 14.4. The molecule has 0 radical (unpaired) electrons. The molecule has 1 N–H and O–H groups in total. The second-order valence-electron chi connectivity index (χ2n) is 4.86. The van der Waals surface area contributed by atoms with E-state index < -0.39 is 0 Å². The second-order valence-corrected chi connectivity index (χ2v) is 4.86. The lowest BCUT2D eigenvalue weighted by Gasteiger charge is -2.19. The van der Waals surface area contributed by atoms with Gasteiger partial charge in [-0.05, 0) is 32.7 Å². The van der Waals surface area contributed by atoms with Crippen LogP contribution in [0.2, 0.25) is 0 Å². The van der Waals surface area contributed by atoms with E-state index in [0.717, 1.165) is 31.6 Å². The molecule has 6 heteroatoms. The van der Waals surface area contributed by atoms with Gasteiger partial charge in [0.05, 0.1) is 32.6 Å². The fourth-order valence-electron chi connectivity index (χ4n) is 2.50. The average molecular weight is 281 g/mol. The minimum atomic E-state index is 0.104. The van der Waals surface area contributed by atoms with Crippen LogP contribution in [-0.4, -0.2) is 43.9 Å². The van der Waals surface area contributed by atoms with Gasteiger partial charge in [0.15, 0.2) is 0 Å². The minimum absolute atomic E-state index is 0.104. The first-order valence-corrected chi connectivity index (χ1v) is 7.02. The van der Waals surface area contributed by atoms with E-state index in [-0.39, 0.29) is 6.04 Å². The zero-order valence-electron chi connectivity index (χ0n) is 12.4. The number of nitrogens with zero attached hydrogens (tertiary/aromatic N) is 2. The van der Waals surface area contributed by atoms with E-state index in [1.807, 2.05) is 7.05 Å². The van der Waals surface area contributed by atoms with Crippen molar-refractivity contribution in [3.05, 3.63) is 11.9 Å². The number of ether oxygens (including phenoxy) is 3. The van der Waals surface area contributed by atoms with Crippen LogP contribution in [0.4, 0.5) is 0 Å². The molecule has 0 spiro atoms. The fraction of sp³-hybridized carbons (Fsp3) is 0.714. The molecule has 2 heterocycles. The standard InChI is InChI=1S/C14H23N3O3/c1-15-11(7-6-10-5-4-8-20-10)13-14(19-3)17-12(18-2)9-16-13/h9-11,15H,4-8H2,1-3H3. The molecule has 6 nitrogen and oxygen atoms in total. The maximum atomic E-state index is 5.66. The van der Waals surface area contributed by atoms with Crippen LogP contribution >= 0.6 is 0 Å². The zero-order valence-corrected chi connectivity index (χ0v) is 12.4. The minimum Gasteiger partial charge on any atom is -0.480 e. The molecule has 1 saturated heterocycles. The Hall–Kier alpha value is -1.40. The molecule has 0 amide bonds. The van der Waals surface area contributed by atoms with Gasteiger partial charge in [-0.15, -0.1) is 0 Å². The highest BCUT2D eigenvalue weighted by molar-refractivity contribution is 5.25. The van der Waals surface area contributed by atoms with Crippen molar-refractivity contribution in [2.75, 3.05) is 27.9 Å². The Morgan fingerprint density at radius 1 is 1.45 bits per heavy atom. The lowest BCUT2D eigenvalue weighted by Crippen LogP contribution is -2.21. The van der Waals surface area contributed by atoms with Crippen LogP contribution in [0.5, 0.6) is 11.8 Å². The third-order valence-corrected chi connectivity index (χ3v) is 3.63. The van der Waals surface area contributed by atoms with Crippen LogP contribution in [-0.2, 0) is 4.74 Å².